The molecule has 0 spiro atoms. The van der Waals surface area contributed by atoms with Crippen LogP contribution in [0.3, 0.4) is 0 Å². The second kappa shape index (κ2) is 4.45. The van der Waals surface area contributed by atoms with Crippen molar-refractivity contribution in [3.8, 4) is 11.1 Å². The van der Waals surface area contributed by atoms with Gasteiger partial charge in [0.15, 0.2) is 0 Å². The maximum atomic E-state index is 3.54. The van der Waals surface area contributed by atoms with E-state index in [9.17, 15) is 0 Å². The Bertz CT molecular complexity index is 434. The van der Waals surface area contributed by atoms with Gasteiger partial charge < -0.3 is 0 Å². The molecule has 0 amide bonds. The molecule has 0 fully saturated rings. The fourth-order valence-corrected chi connectivity index (χ4v) is 2.12. The lowest BCUT2D eigenvalue weighted by molar-refractivity contribution is 1.56. The fraction of sp³-hybridized carbons (Fsp3) is 0. The summed E-state index contributed by atoms with van der Waals surface area (Å²) in [6.45, 7) is 0. The van der Waals surface area contributed by atoms with Crippen molar-refractivity contribution < 1.29 is 0 Å². The predicted octanol–water partition coefficient (Wildman–Crippen LogP) is 4.52. The molecule has 0 unspecified atom stereocenters. The van der Waals surface area contributed by atoms with Crippen molar-refractivity contribution in [2.45, 2.75) is 0 Å². The van der Waals surface area contributed by atoms with Crippen LogP contribution in [0.15, 0.2) is 46.9 Å². The Kier molecular flexibility index (Phi) is 3.23. The van der Waals surface area contributed by atoms with Crippen molar-refractivity contribution in [1.82, 2.24) is 0 Å². The SMILES string of the molecule is Brc1ccccc1-c1c[c]c(I)cc1. The molecule has 0 saturated heterocycles. The van der Waals surface area contributed by atoms with E-state index in [1.807, 2.05) is 24.3 Å². The van der Waals surface area contributed by atoms with Gasteiger partial charge in [0.1, 0.15) is 0 Å². The highest BCUT2D eigenvalue weighted by Gasteiger charge is 2.00. The lowest BCUT2D eigenvalue weighted by atomic mass is 10.1. The summed E-state index contributed by atoms with van der Waals surface area (Å²) in [4.78, 5) is 0. The van der Waals surface area contributed by atoms with Crippen LogP contribution in [-0.4, -0.2) is 0 Å². The third-order valence-corrected chi connectivity index (χ3v) is 3.32. The van der Waals surface area contributed by atoms with Crippen LogP contribution in [-0.2, 0) is 0 Å². The quantitative estimate of drug-likeness (QED) is 0.658. The molecule has 2 rings (SSSR count). The van der Waals surface area contributed by atoms with E-state index in [1.54, 1.807) is 0 Å². The first kappa shape index (κ1) is 10.2. The number of hydrogen-bond acceptors (Lipinski definition) is 0. The van der Waals surface area contributed by atoms with Gasteiger partial charge in [-0.15, -0.1) is 0 Å². The van der Waals surface area contributed by atoms with E-state index in [-0.39, 0.29) is 0 Å². The van der Waals surface area contributed by atoms with Crippen molar-refractivity contribution in [2.24, 2.45) is 0 Å². The summed E-state index contributed by atoms with van der Waals surface area (Å²) in [7, 11) is 0. The average Bonchev–Trinajstić information content (AvgIpc) is 2.20. The van der Waals surface area contributed by atoms with Gasteiger partial charge in [-0.2, -0.15) is 0 Å². The highest BCUT2D eigenvalue weighted by molar-refractivity contribution is 14.1. The first-order chi connectivity index (χ1) is 6.77. The molecule has 0 N–H and O–H groups in total. The zero-order valence-corrected chi connectivity index (χ0v) is 11.0. The molecule has 2 aromatic carbocycles. The minimum absolute atomic E-state index is 1.12. The van der Waals surface area contributed by atoms with Crippen molar-refractivity contribution in [3.63, 3.8) is 0 Å². The van der Waals surface area contributed by atoms with E-state index < -0.39 is 0 Å². The van der Waals surface area contributed by atoms with Gasteiger partial charge in [0.25, 0.3) is 0 Å². The summed E-state index contributed by atoms with van der Waals surface area (Å²) in [6, 6.07) is 17.6. The zero-order chi connectivity index (χ0) is 9.97. The maximum absolute atomic E-state index is 3.54. The van der Waals surface area contributed by atoms with Crippen LogP contribution >= 0.6 is 38.5 Å². The first-order valence-electron chi connectivity index (χ1n) is 4.19. The van der Waals surface area contributed by atoms with Crippen LogP contribution in [0.2, 0.25) is 0 Å². The first-order valence-corrected chi connectivity index (χ1v) is 6.07. The van der Waals surface area contributed by atoms with Crippen molar-refractivity contribution >= 4 is 38.5 Å². The number of benzene rings is 2. The lowest BCUT2D eigenvalue weighted by Gasteiger charge is -2.03. The molecule has 2 heteroatoms. The predicted molar refractivity (Wildman–Crippen MR) is 71.1 cm³/mol. The van der Waals surface area contributed by atoms with E-state index in [2.05, 4.69) is 62.8 Å². The van der Waals surface area contributed by atoms with E-state index in [1.165, 1.54) is 11.1 Å². The summed E-state index contributed by atoms with van der Waals surface area (Å²) in [5.74, 6) is 0. The van der Waals surface area contributed by atoms with Crippen LogP contribution < -0.4 is 0 Å². The van der Waals surface area contributed by atoms with Crippen molar-refractivity contribution in [1.29, 1.82) is 0 Å². The van der Waals surface area contributed by atoms with Gasteiger partial charge in [0.2, 0.25) is 0 Å². The van der Waals surface area contributed by atoms with Gasteiger partial charge in [-0.25, -0.2) is 0 Å². The topological polar surface area (TPSA) is 0 Å². The molecule has 0 atom stereocenters. The molecule has 0 saturated carbocycles. The average molecular weight is 358 g/mol. The van der Waals surface area contributed by atoms with Crippen LogP contribution in [0.5, 0.6) is 0 Å². The van der Waals surface area contributed by atoms with Gasteiger partial charge >= 0.3 is 0 Å². The van der Waals surface area contributed by atoms with E-state index in [4.69, 9.17) is 0 Å². The van der Waals surface area contributed by atoms with Crippen LogP contribution in [0.25, 0.3) is 11.1 Å². The fourth-order valence-electron chi connectivity index (χ4n) is 1.27. The normalized spacial score (nSPS) is 10.1. The minimum atomic E-state index is 1.12. The molecule has 14 heavy (non-hydrogen) atoms. The molecule has 0 heterocycles. The van der Waals surface area contributed by atoms with Gasteiger partial charge in [-0.05, 0) is 58.0 Å². The molecule has 0 aliphatic carbocycles. The molecule has 69 valence electrons. The standard InChI is InChI=1S/C12H7BrI/c13-12-4-2-1-3-11(12)9-5-7-10(14)8-6-9/h1-7H. The third-order valence-electron chi connectivity index (χ3n) is 1.96. The smallest absolute Gasteiger partial charge is 0.0253 e. The molecule has 2 aromatic rings. The van der Waals surface area contributed by atoms with Gasteiger partial charge in [0, 0.05) is 8.04 Å². The van der Waals surface area contributed by atoms with Gasteiger partial charge in [-0.3, -0.25) is 0 Å². The Morgan fingerprint density at radius 1 is 1.07 bits per heavy atom. The van der Waals surface area contributed by atoms with Crippen LogP contribution in [0, 0.1) is 9.64 Å². The summed E-state index contributed by atoms with van der Waals surface area (Å²) in [5, 5.41) is 0. The second-order valence-electron chi connectivity index (χ2n) is 2.91. The zero-order valence-electron chi connectivity index (χ0n) is 7.30. The monoisotopic (exact) mass is 357 g/mol. The molecule has 0 aliphatic heterocycles. The molecular formula is C12H7BrI. The van der Waals surface area contributed by atoms with Crippen molar-refractivity contribution in [3.05, 3.63) is 56.6 Å². The van der Waals surface area contributed by atoms with Crippen LogP contribution in [0.1, 0.15) is 0 Å². The highest BCUT2D eigenvalue weighted by Crippen LogP contribution is 2.27. The maximum Gasteiger partial charge on any atom is 0.0253 e. The summed E-state index contributed by atoms with van der Waals surface area (Å²) >= 11 is 5.79. The second-order valence-corrected chi connectivity index (χ2v) is 4.92. The summed E-state index contributed by atoms with van der Waals surface area (Å²) in [5.41, 5.74) is 2.40. The van der Waals surface area contributed by atoms with E-state index in [0.717, 1.165) is 8.04 Å². The molecule has 0 nitrogen and oxygen atoms in total. The number of rotatable bonds is 1. The molecule has 0 aliphatic rings. The Morgan fingerprint density at radius 3 is 2.50 bits per heavy atom. The Hall–Kier alpha value is -0.350. The molecular weight excluding hydrogens is 351 g/mol. The minimum Gasteiger partial charge on any atom is -0.0616 e. The van der Waals surface area contributed by atoms with Crippen molar-refractivity contribution in [2.75, 3.05) is 0 Å². The van der Waals surface area contributed by atoms with Gasteiger partial charge in [0.05, 0.1) is 0 Å². The highest BCUT2D eigenvalue weighted by atomic mass is 127. The third kappa shape index (κ3) is 2.17. The molecule has 0 aromatic heterocycles. The molecule has 1 radical (unpaired) electrons. The Labute approximate surface area is 106 Å². The largest absolute Gasteiger partial charge is 0.0616 e. The number of halogens is 2. The van der Waals surface area contributed by atoms with Crippen LogP contribution in [0.4, 0.5) is 0 Å². The lowest BCUT2D eigenvalue weighted by Crippen LogP contribution is -1.79. The summed E-state index contributed by atoms with van der Waals surface area (Å²) < 4.78 is 2.26. The Balaban J connectivity index is 2.50. The Morgan fingerprint density at radius 2 is 1.86 bits per heavy atom. The van der Waals surface area contributed by atoms with E-state index in [0.29, 0.717) is 0 Å². The number of hydrogen-bond donors (Lipinski definition) is 0. The molecule has 0 bridgehead atoms. The summed E-state index contributed by atoms with van der Waals surface area (Å²) in [6.07, 6.45) is 0. The van der Waals surface area contributed by atoms with Gasteiger partial charge in [-0.1, -0.05) is 40.2 Å². The van der Waals surface area contributed by atoms with E-state index >= 15 is 0 Å².